The number of hydrogen-bond acceptors (Lipinski definition) is 10. The number of pyridine rings is 1. The maximum Gasteiger partial charge on any atom is 0.408 e. The molecule has 6 unspecified atom stereocenters. The van der Waals surface area contributed by atoms with Crippen molar-refractivity contribution in [1.82, 2.24) is 25.2 Å². The molecular weight excluding hydrogens is 715 g/mol. The van der Waals surface area contributed by atoms with E-state index in [1.807, 2.05) is 37.3 Å². The van der Waals surface area contributed by atoms with E-state index in [1.54, 1.807) is 27.9 Å². The molecule has 4 amide bonds. The molecule has 1 saturated heterocycles. The minimum absolute atomic E-state index is 0.0172. The number of benzene rings is 1. The van der Waals surface area contributed by atoms with Crippen molar-refractivity contribution in [2.24, 2.45) is 11.8 Å². The lowest BCUT2D eigenvalue weighted by atomic mass is 9.94. The minimum atomic E-state index is -3.91. The largest absolute Gasteiger partial charge is 0.494 e. The van der Waals surface area contributed by atoms with Crippen molar-refractivity contribution in [3.05, 3.63) is 55.8 Å². The van der Waals surface area contributed by atoms with Crippen LogP contribution in [-0.4, -0.2) is 90.3 Å². The molecule has 2 aromatic rings. The van der Waals surface area contributed by atoms with Crippen LogP contribution in [0.15, 0.2) is 55.8 Å². The number of ether oxygens (including phenoxy) is 3. The Morgan fingerprint density at radius 2 is 1.81 bits per heavy atom. The fraction of sp³-hybridized carbons (Fsp3) is 0.564. The van der Waals surface area contributed by atoms with Crippen molar-refractivity contribution in [2.75, 3.05) is 13.7 Å². The molecule has 294 valence electrons. The quantitative estimate of drug-likeness (QED) is 0.153. The number of fused-ring (bicyclic) bond motifs is 1. The second-order valence-electron chi connectivity index (χ2n) is 15.5. The molecule has 1 aromatic carbocycles. The highest BCUT2D eigenvalue weighted by Crippen LogP contribution is 2.45. The summed E-state index contributed by atoms with van der Waals surface area (Å²) < 4.78 is 45.1. The molecule has 0 bridgehead atoms. The van der Waals surface area contributed by atoms with E-state index < -0.39 is 74.3 Å². The molecule has 15 heteroatoms. The number of nitrogens with zero attached hydrogens (tertiary/aromatic N) is 2. The van der Waals surface area contributed by atoms with E-state index in [-0.39, 0.29) is 31.2 Å². The van der Waals surface area contributed by atoms with Gasteiger partial charge in [0.25, 0.3) is 5.91 Å². The number of hydrogen-bond donors (Lipinski definition) is 3. The highest BCUT2D eigenvalue weighted by Gasteiger charge is 2.62. The number of amides is 4. The summed E-state index contributed by atoms with van der Waals surface area (Å²) >= 11 is 0. The first-order valence-corrected chi connectivity index (χ1v) is 20.1. The van der Waals surface area contributed by atoms with Gasteiger partial charge in [0.2, 0.25) is 27.7 Å². The van der Waals surface area contributed by atoms with Crippen LogP contribution in [0.2, 0.25) is 0 Å². The lowest BCUT2D eigenvalue weighted by molar-refractivity contribution is -0.142. The zero-order valence-electron chi connectivity index (χ0n) is 31.8. The smallest absolute Gasteiger partial charge is 0.408 e. The zero-order chi connectivity index (χ0) is 39.4. The van der Waals surface area contributed by atoms with Crippen LogP contribution >= 0.6 is 0 Å². The maximum absolute atomic E-state index is 14.7. The third-order valence-electron chi connectivity index (χ3n) is 10.1. The van der Waals surface area contributed by atoms with Gasteiger partial charge in [0, 0.05) is 23.1 Å². The molecule has 1 aromatic heterocycles. The molecule has 2 saturated carbocycles. The maximum atomic E-state index is 14.7. The third-order valence-corrected chi connectivity index (χ3v) is 12.0. The van der Waals surface area contributed by atoms with Crippen LogP contribution in [0.25, 0.3) is 10.8 Å². The standard InChI is InChI=1S/C39H53N5O9S/c1-8-10-11-12-15-24(3)32(41-37(48)53-38(4,5)6)35(46)44-23-26(52-34-29-17-14-13-16-28(29)31(51-7)22-40-34)20-30(44)33(45)42-39(21-25(39)9-2)36(47)43-54(49,50)27-18-19-27/h8-9,13-14,16-17,22,24-27,30,32H,1-2,10-12,15,18-21,23H2,3-7H3,(H,41,48)(H,42,45)(H,43,47). The van der Waals surface area contributed by atoms with E-state index in [0.717, 1.165) is 24.6 Å². The van der Waals surface area contributed by atoms with Crippen LogP contribution in [0.4, 0.5) is 4.79 Å². The van der Waals surface area contributed by atoms with Crippen molar-refractivity contribution >= 4 is 44.6 Å². The Kier molecular flexibility index (Phi) is 12.3. The summed E-state index contributed by atoms with van der Waals surface area (Å²) in [4.78, 5) is 61.6. The highest BCUT2D eigenvalue weighted by molar-refractivity contribution is 7.91. The minimum Gasteiger partial charge on any atom is -0.494 e. The number of likely N-dealkylation sites (tertiary alicyclic amines) is 1. The number of allylic oxidation sites excluding steroid dienone is 1. The lowest BCUT2D eigenvalue weighted by Gasteiger charge is -2.32. The van der Waals surface area contributed by atoms with Crippen LogP contribution in [0.1, 0.15) is 79.1 Å². The van der Waals surface area contributed by atoms with Gasteiger partial charge in [0.05, 0.1) is 25.1 Å². The third kappa shape index (κ3) is 9.34. The molecule has 54 heavy (non-hydrogen) atoms. The molecular formula is C39H53N5O9S. The summed E-state index contributed by atoms with van der Waals surface area (Å²) in [6.45, 7) is 14.5. The summed E-state index contributed by atoms with van der Waals surface area (Å²) in [7, 11) is -2.36. The summed E-state index contributed by atoms with van der Waals surface area (Å²) in [5.41, 5.74) is -2.39. The van der Waals surface area contributed by atoms with Crippen LogP contribution in [0, 0.1) is 11.8 Å². The SMILES string of the molecule is C=CCCCCC(C)C(NC(=O)OC(C)(C)C)C(=O)N1CC(Oc2ncc(OC)c3ccccc23)CC1C(=O)NC1(C(=O)NS(=O)(=O)C2CC2)CC1C=C. The molecule has 0 radical (unpaired) electrons. The second kappa shape index (κ2) is 16.4. The summed E-state index contributed by atoms with van der Waals surface area (Å²) in [5, 5.41) is 6.36. The van der Waals surface area contributed by atoms with Crippen LogP contribution in [-0.2, 0) is 29.1 Å². The van der Waals surface area contributed by atoms with Crippen molar-refractivity contribution in [3.63, 3.8) is 0 Å². The van der Waals surface area contributed by atoms with Gasteiger partial charge in [-0.15, -0.1) is 13.2 Å². The Morgan fingerprint density at radius 1 is 1.11 bits per heavy atom. The summed E-state index contributed by atoms with van der Waals surface area (Å²) in [5.74, 6) is -2.10. The van der Waals surface area contributed by atoms with Crippen LogP contribution in [0.5, 0.6) is 11.6 Å². The first kappa shape index (κ1) is 40.5. The molecule has 3 N–H and O–H groups in total. The van der Waals surface area contributed by atoms with Gasteiger partial charge in [-0.3, -0.25) is 19.1 Å². The Morgan fingerprint density at radius 3 is 2.43 bits per heavy atom. The summed E-state index contributed by atoms with van der Waals surface area (Å²) in [6.07, 6.45) is 7.43. The second-order valence-corrected chi connectivity index (χ2v) is 17.5. The number of carbonyl (C=O) groups excluding carboxylic acids is 4. The fourth-order valence-corrected chi connectivity index (χ4v) is 8.30. The van der Waals surface area contributed by atoms with Crippen molar-refractivity contribution in [2.45, 2.75) is 114 Å². The molecule has 2 aliphatic carbocycles. The molecule has 5 rings (SSSR count). The van der Waals surface area contributed by atoms with Gasteiger partial charge in [-0.05, 0) is 71.3 Å². The van der Waals surface area contributed by atoms with Gasteiger partial charge >= 0.3 is 6.09 Å². The van der Waals surface area contributed by atoms with E-state index >= 15 is 0 Å². The molecule has 3 fully saturated rings. The van der Waals surface area contributed by atoms with Gasteiger partial charge in [0.15, 0.2) is 0 Å². The van der Waals surface area contributed by atoms with Gasteiger partial charge < -0.3 is 29.7 Å². The average Bonchev–Trinajstić information content (AvgIpc) is 4.05. The fourth-order valence-electron chi connectivity index (χ4n) is 6.93. The molecule has 1 aliphatic heterocycles. The van der Waals surface area contributed by atoms with Crippen molar-refractivity contribution in [3.8, 4) is 11.6 Å². The lowest BCUT2D eigenvalue weighted by Crippen LogP contribution is -2.59. The predicted octanol–water partition coefficient (Wildman–Crippen LogP) is 4.54. The van der Waals surface area contributed by atoms with Crippen molar-refractivity contribution in [1.29, 1.82) is 0 Å². The van der Waals surface area contributed by atoms with E-state index in [1.165, 1.54) is 17.2 Å². The molecule has 2 heterocycles. The highest BCUT2D eigenvalue weighted by atomic mass is 32.2. The number of alkyl carbamates (subject to hydrolysis) is 1. The number of methoxy groups -OCH3 is 1. The molecule has 14 nitrogen and oxygen atoms in total. The first-order valence-electron chi connectivity index (χ1n) is 18.5. The topological polar surface area (TPSA) is 182 Å². The van der Waals surface area contributed by atoms with Gasteiger partial charge in [-0.1, -0.05) is 43.7 Å². The number of rotatable bonds is 17. The van der Waals surface area contributed by atoms with Gasteiger partial charge in [-0.25, -0.2) is 18.2 Å². The number of carbonyl (C=O) groups is 4. The predicted molar refractivity (Wildman–Crippen MR) is 203 cm³/mol. The van der Waals surface area contributed by atoms with Crippen LogP contribution in [0.3, 0.4) is 0 Å². The average molecular weight is 768 g/mol. The normalized spacial score (nSPS) is 23.4. The zero-order valence-corrected chi connectivity index (χ0v) is 32.6. The number of unbranched alkanes of at least 4 members (excludes halogenated alkanes) is 2. The van der Waals surface area contributed by atoms with E-state index in [0.29, 0.717) is 30.4 Å². The number of nitrogens with one attached hydrogen (secondary N) is 3. The van der Waals surface area contributed by atoms with Crippen molar-refractivity contribution < 1.29 is 41.8 Å². The van der Waals surface area contributed by atoms with Gasteiger partial charge in [-0.2, -0.15) is 0 Å². The monoisotopic (exact) mass is 767 g/mol. The number of sulfonamides is 1. The Bertz CT molecular complexity index is 1870. The van der Waals surface area contributed by atoms with E-state index in [9.17, 15) is 27.6 Å². The van der Waals surface area contributed by atoms with E-state index in [2.05, 4.69) is 33.5 Å². The summed E-state index contributed by atoms with van der Waals surface area (Å²) in [6, 6.07) is 5.17. The molecule has 6 atom stereocenters. The van der Waals surface area contributed by atoms with Gasteiger partial charge in [0.1, 0.15) is 35.1 Å². The Balaban J connectivity index is 1.45. The molecule has 0 spiro atoms. The number of aromatic nitrogens is 1. The molecule has 3 aliphatic rings. The van der Waals surface area contributed by atoms with E-state index in [4.69, 9.17) is 14.2 Å². The first-order chi connectivity index (χ1) is 25.5. The Hall–Kier alpha value is -4.66. The van der Waals surface area contributed by atoms with Crippen LogP contribution < -0.4 is 24.8 Å². The Labute approximate surface area is 317 Å².